The number of fused-ring (bicyclic) bond motifs is 1. The fraction of sp³-hybridized carbons (Fsp3) is 0.318. The lowest BCUT2D eigenvalue weighted by atomic mass is 9.99. The molecule has 0 bridgehead atoms. The van der Waals surface area contributed by atoms with E-state index in [1.54, 1.807) is 7.11 Å². The van der Waals surface area contributed by atoms with Crippen LogP contribution in [0.25, 0.3) is 0 Å². The highest BCUT2D eigenvalue weighted by molar-refractivity contribution is 7.81. The zero-order valence-corrected chi connectivity index (χ0v) is 22.9. The van der Waals surface area contributed by atoms with E-state index in [-0.39, 0.29) is 27.8 Å². The van der Waals surface area contributed by atoms with Gasteiger partial charge >= 0.3 is 10.5 Å². The van der Waals surface area contributed by atoms with Gasteiger partial charge in [0.25, 0.3) is 0 Å². The fourth-order valence-electron chi connectivity index (χ4n) is 3.87. The van der Waals surface area contributed by atoms with E-state index in [0.29, 0.717) is 11.4 Å². The summed E-state index contributed by atoms with van der Waals surface area (Å²) < 4.78 is 57.3. The molecule has 0 unspecified atom stereocenters. The predicted octanol–water partition coefficient (Wildman–Crippen LogP) is 3.85. The van der Waals surface area contributed by atoms with Crippen LogP contribution >= 0.6 is 18.7 Å². The summed E-state index contributed by atoms with van der Waals surface area (Å²) in [6, 6.07) is 5.08. The lowest BCUT2D eigenvalue weighted by Gasteiger charge is -2.26. The maximum absolute atomic E-state index is 13.0. The highest BCUT2D eigenvalue weighted by Crippen LogP contribution is 2.40. The van der Waals surface area contributed by atoms with Crippen LogP contribution in [0.3, 0.4) is 0 Å². The van der Waals surface area contributed by atoms with Crippen LogP contribution in [-0.4, -0.2) is 62.3 Å². The van der Waals surface area contributed by atoms with Crippen LogP contribution in [0.15, 0.2) is 30.6 Å². The molecule has 1 aliphatic heterocycles. The number of hydrogen-bond acceptors (Lipinski definition) is 11. The Hall–Kier alpha value is -2.99. The monoisotopic (exact) mass is 570 g/mol. The number of nitrogens with zero attached hydrogens (tertiary/aromatic N) is 4. The van der Waals surface area contributed by atoms with Crippen molar-refractivity contribution < 1.29 is 25.8 Å². The molecule has 3 aromatic rings. The highest BCUT2D eigenvalue weighted by Gasteiger charge is 2.22. The molecule has 11 nitrogen and oxygen atoms in total. The zero-order valence-electron chi connectivity index (χ0n) is 20.4. The van der Waals surface area contributed by atoms with Gasteiger partial charge in [0.05, 0.1) is 30.9 Å². The largest absolute Gasteiger partial charge is 0.495 e. The number of hydrogen-bond donors (Lipinski definition) is 2. The third-order valence-corrected chi connectivity index (χ3v) is 7.77. The topological polar surface area (TPSA) is 136 Å². The van der Waals surface area contributed by atoms with Crippen LogP contribution in [0.5, 0.6) is 11.6 Å². The molecular formula is C22H25ClFN6O5PS. The molecule has 4 rings (SSSR count). The van der Waals surface area contributed by atoms with Gasteiger partial charge < -0.3 is 29.0 Å². The zero-order chi connectivity index (χ0) is 27.0. The molecular weight excluding hydrogens is 546 g/mol. The molecule has 0 saturated heterocycles. The first-order valence-corrected chi connectivity index (χ1v) is 15.3. The number of halogens is 2. The van der Waals surface area contributed by atoms with Crippen molar-refractivity contribution in [1.29, 1.82) is 0 Å². The third kappa shape index (κ3) is 6.67. The fourth-order valence-corrected chi connectivity index (χ4v) is 5.42. The Balaban J connectivity index is 1.66. The van der Waals surface area contributed by atoms with Crippen molar-refractivity contribution >= 4 is 57.7 Å². The number of ether oxygens (including phenoxy) is 1. The van der Waals surface area contributed by atoms with Crippen molar-refractivity contribution in [2.45, 2.75) is 13.0 Å². The summed E-state index contributed by atoms with van der Waals surface area (Å²) in [5.41, 5.74) is 3.28. The minimum atomic E-state index is -5.30. The van der Waals surface area contributed by atoms with Gasteiger partial charge in [0, 0.05) is 24.5 Å². The summed E-state index contributed by atoms with van der Waals surface area (Å²) in [6.07, 6.45) is 3.46. The minimum absolute atomic E-state index is 0.157. The van der Waals surface area contributed by atoms with E-state index in [9.17, 15) is 16.9 Å². The molecule has 15 heteroatoms. The molecule has 2 N–H and O–H groups in total. The summed E-state index contributed by atoms with van der Waals surface area (Å²) >= 11 is 6.32. The average Bonchev–Trinajstić information content (AvgIpc) is 2.80. The number of rotatable bonds is 8. The van der Waals surface area contributed by atoms with Crippen molar-refractivity contribution in [2.75, 3.05) is 44.7 Å². The highest BCUT2D eigenvalue weighted by atomic mass is 35.5. The van der Waals surface area contributed by atoms with Crippen molar-refractivity contribution in [2.24, 2.45) is 0 Å². The van der Waals surface area contributed by atoms with Gasteiger partial charge in [-0.3, -0.25) is 0 Å². The number of anilines is 4. The molecule has 0 fully saturated rings. The van der Waals surface area contributed by atoms with Crippen LogP contribution in [0.1, 0.15) is 11.1 Å². The smallest absolute Gasteiger partial charge is 0.490 e. The van der Waals surface area contributed by atoms with Gasteiger partial charge in [-0.2, -0.15) is 13.4 Å². The van der Waals surface area contributed by atoms with E-state index < -0.39 is 23.5 Å². The van der Waals surface area contributed by atoms with E-state index in [4.69, 9.17) is 16.3 Å². The first kappa shape index (κ1) is 27.1. The van der Waals surface area contributed by atoms with Crippen LogP contribution in [0.4, 0.5) is 27.0 Å². The molecule has 1 aliphatic rings. The second-order valence-electron chi connectivity index (χ2n) is 8.82. The molecule has 0 atom stereocenters. The number of likely N-dealkylation sites (N-methyl/N-ethyl adjacent to an activating group) is 1. The Morgan fingerprint density at radius 1 is 1.11 bits per heavy atom. The van der Waals surface area contributed by atoms with Crippen molar-refractivity contribution in [3.05, 3.63) is 46.7 Å². The predicted molar refractivity (Wildman–Crippen MR) is 141 cm³/mol. The number of methoxy groups -OCH3 is 1. The van der Waals surface area contributed by atoms with Crippen molar-refractivity contribution in [3.63, 3.8) is 0 Å². The SMILES string of the molecule is COc1cc2c(cc1Nc1ncc(Cl)c(Nc3cnc(OS(=O)(=O)F)cc3P(C)(C)=O)n1)CN(C)CC2. The first-order chi connectivity index (χ1) is 17.3. The summed E-state index contributed by atoms with van der Waals surface area (Å²) in [5.74, 6) is 0.454. The van der Waals surface area contributed by atoms with E-state index in [1.165, 1.54) is 30.7 Å². The third-order valence-electron chi connectivity index (χ3n) is 5.59. The molecule has 0 saturated carbocycles. The van der Waals surface area contributed by atoms with Gasteiger partial charge in [-0.1, -0.05) is 15.5 Å². The number of benzene rings is 1. The van der Waals surface area contributed by atoms with Gasteiger partial charge in [-0.15, -0.1) is 0 Å². The van der Waals surface area contributed by atoms with Crippen LogP contribution < -0.4 is 24.9 Å². The van der Waals surface area contributed by atoms with E-state index in [2.05, 4.69) is 41.7 Å². The van der Waals surface area contributed by atoms with Gasteiger partial charge in [0.15, 0.2) is 5.82 Å². The lowest BCUT2D eigenvalue weighted by Crippen LogP contribution is -2.26. The Labute approximate surface area is 219 Å². The molecule has 1 aromatic carbocycles. The Bertz CT molecular complexity index is 1500. The summed E-state index contributed by atoms with van der Waals surface area (Å²) in [7, 11) is -4.68. The van der Waals surface area contributed by atoms with Crippen molar-refractivity contribution in [3.8, 4) is 11.6 Å². The molecule has 2 aromatic heterocycles. The maximum Gasteiger partial charge on any atom is 0.490 e. The van der Waals surface area contributed by atoms with Crippen LogP contribution in [0, 0.1) is 0 Å². The summed E-state index contributed by atoms with van der Waals surface area (Å²) in [5, 5.41) is 6.43. The maximum atomic E-state index is 13.0. The molecule has 0 radical (unpaired) electrons. The van der Waals surface area contributed by atoms with Gasteiger partial charge in [0.2, 0.25) is 11.8 Å². The van der Waals surface area contributed by atoms with Gasteiger partial charge in [0.1, 0.15) is 17.9 Å². The minimum Gasteiger partial charge on any atom is -0.495 e. The molecule has 0 spiro atoms. The Morgan fingerprint density at radius 2 is 1.86 bits per heavy atom. The quantitative estimate of drug-likeness (QED) is 0.302. The molecule has 37 heavy (non-hydrogen) atoms. The average molecular weight is 571 g/mol. The first-order valence-electron chi connectivity index (χ1n) is 11.0. The molecule has 3 heterocycles. The van der Waals surface area contributed by atoms with E-state index in [0.717, 1.165) is 31.8 Å². The number of aromatic nitrogens is 3. The van der Waals surface area contributed by atoms with E-state index in [1.807, 2.05) is 12.1 Å². The number of nitrogens with one attached hydrogen (secondary N) is 2. The molecule has 0 aliphatic carbocycles. The van der Waals surface area contributed by atoms with Gasteiger partial charge in [-0.05, 0) is 50.1 Å². The lowest BCUT2D eigenvalue weighted by molar-refractivity contribution is 0.312. The molecule has 198 valence electrons. The normalized spacial score (nSPS) is 14.1. The molecule has 0 amide bonds. The van der Waals surface area contributed by atoms with E-state index >= 15 is 0 Å². The Kier molecular flexibility index (Phi) is 7.61. The summed E-state index contributed by atoms with van der Waals surface area (Å²) in [4.78, 5) is 14.7. The second-order valence-corrected chi connectivity index (χ2v) is 13.4. The van der Waals surface area contributed by atoms with Crippen LogP contribution in [0.2, 0.25) is 5.02 Å². The Morgan fingerprint density at radius 3 is 2.54 bits per heavy atom. The summed E-state index contributed by atoms with van der Waals surface area (Å²) in [6.45, 7) is 4.68. The standard InChI is InChI=1S/C22H25ClFN6O5PS/c1-30-6-5-13-8-18(34-2)16(7-14(13)12-30)28-22-26-10-15(23)21(29-22)27-17-11-25-20(35-37(24,32)33)9-19(17)36(3,4)31/h7-11H,5-6,12H2,1-4H3,(H2,26,27,28,29). The second kappa shape index (κ2) is 10.4. The van der Waals surface area contributed by atoms with Crippen LogP contribution in [-0.2, 0) is 28.0 Å². The number of pyridine rings is 1. The van der Waals surface area contributed by atoms with Crippen molar-refractivity contribution in [1.82, 2.24) is 19.9 Å². The van der Waals surface area contributed by atoms with Gasteiger partial charge in [-0.25, -0.2) is 9.97 Å².